The van der Waals surface area contributed by atoms with Gasteiger partial charge >= 0.3 is 11.8 Å². The standard InChI is InChI=1S/C23H19F4N3O2/c1-14(5-4-10-29-20-7-3-2-6-18(20)23(26,27)22(29)32)21(31)30-19(8-9-28-30)15-11-16(24)13-17(25)12-15/h2-3,6-7,9,11-13,19H,1,4-5,8,10H2. The lowest BCUT2D eigenvalue weighted by atomic mass is 10.0. The Labute approximate surface area is 181 Å². The fourth-order valence-corrected chi connectivity index (χ4v) is 3.96. The SMILES string of the molecule is C=C(CCCN1C(=O)C(F)(F)c2ccccc21)C(=O)N1N=CCC1c1cc(F)cc(F)c1. The molecule has 2 heterocycles. The number of fused-ring (bicyclic) bond motifs is 1. The normalized spacial score (nSPS) is 18.9. The number of anilines is 1. The first-order chi connectivity index (χ1) is 15.2. The molecule has 0 fully saturated rings. The summed E-state index contributed by atoms with van der Waals surface area (Å²) in [6, 6.07) is 8.04. The van der Waals surface area contributed by atoms with Gasteiger partial charge in [0.25, 0.3) is 5.91 Å². The van der Waals surface area contributed by atoms with Crippen molar-refractivity contribution < 1.29 is 27.2 Å². The van der Waals surface area contributed by atoms with Gasteiger partial charge in [-0.1, -0.05) is 24.8 Å². The predicted molar refractivity (Wildman–Crippen MR) is 110 cm³/mol. The van der Waals surface area contributed by atoms with Crippen LogP contribution in [-0.4, -0.2) is 29.6 Å². The summed E-state index contributed by atoms with van der Waals surface area (Å²) in [4.78, 5) is 26.0. The third-order valence-corrected chi connectivity index (χ3v) is 5.52. The van der Waals surface area contributed by atoms with Crippen LogP contribution >= 0.6 is 0 Å². The Morgan fingerprint density at radius 1 is 1.16 bits per heavy atom. The van der Waals surface area contributed by atoms with Crippen LogP contribution in [0.4, 0.5) is 23.2 Å². The van der Waals surface area contributed by atoms with E-state index in [4.69, 9.17) is 0 Å². The number of amides is 2. The number of hydrogen-bond acceptors (Lipinski definition) is 3. The number of nitrogens with zero attached hydrogens (tertiary/aromatic N) is 3. The molecule has 2 aromatic carbocycles. The minimum atomic E-state index is -3.58. The van der Waals surface area contributed by atoms with Crippen molar-refractivity contribution >= 4 is 23.7 Å². The van der Waals surface area contributed by atoms with Gasteiger partial charge in [0.05, 0.1) is 17.3 Å². The van der Waals surface area contributed by atoms with E-state index in [-0.39, 0.29) is 48.2 Å². The van der Waals surface area contributed by atoms with Gasteiger partial charge in [-0.2, -0.15) is 13.9 Å². The Hall–Kier alpha value is -3.49. The maximum absolute atomic E-state index is 14.2. The lowest BCUT2D eigenvalue weighted by Gasteiger charge is -2.23. The van der Waals surface area contributed by atoms with Crippen molar-refractivity contribution in [2.75, 3.05) is 11.4 Å². The van der Waals surface area contributed by atoms with Gasteiger partial charge in [-0.05, 0) is 36.6 Å². The highest BCUT2D eigenvalue weighted by Gasteiger charge is 2.52. The maximum atomic E-state index is 14.2. The molecule has 2 aliphatic heterocycles. The van der Waals surface area contributed by atoms with Gasteiger partial charge in [0.1, 0.15) is 11.6 Å². The molecule has 166 valence electrons. The van der Waals surface area contributed by atoms with Crippen molar-refractivity contribution in [3.8, 4) is 0 Å². The van der Waals surface area contributed by atoms with E-state index < -0.39 is 35.4 Å². The molecule has 2 aliphatic rings. The number of carbonyl (C=O) groups is 2. The van der Waals surface area contributed by atoms with Crippen LogP contribution < -0.4 is 4.90 Å². The van der Waals surface area contributed by atoms with Crippen molar-refractivity contribution in [1.29, 1.82) is 0 Å². The average molecular weight is 445 g/mol. The zero-order valence-electron chi connectivity index (χ0n) is 16.9. The molecule has 0 bridgehead atoms. The van der Waals surface area contributed by atoms with E-state index >= 15 is 0 Å². The zero-order chi connectivity index (χ0) is 23.0. The molecule has 0 N–H and O–H groups in total. The van der Waals surface area contributed by atoms with Crippen molar-refractivity contribution in [3.05, 3.63) is 77.4 Å². The topological polar surface area (TPSA) is 53.0 Å². The molecule has 2 aromatic rings. The van der Waals surface area contributed by atoms with Crippen molar-refractivity contribution in [2.24, 2.45) is 5.10 Å². The van der Waals surface area contributed by atoms with Crippen LogP contribution in [0, 0.1) is 11.6 Å². The fourth-order valence-electron chi connectivity index (χ4n) is 3.96. The smallest absolute Gasteiger partial charge is 0.306 e. The lowest BCUT2D eigenvalue weighted by molar-refractivity contribution is -0.141. The van der Waals surface area contributed by atoms with Gasteiger partial charge in [-0.25, -0.2) is 13.8 Å². The second-order valence-electron chi connectivity index (χ2n) is 7.66. The van der Waals surface area contributed by atoms with Gasteiger partial charge in [-0.15, -0.1) is 0 Å². The predicted octanol–water partition coefficient (Wildman–Crippen LogP) is 4.70. The molecule has 0 saturated carbocycles. The maximum Gasteiger partial charge on any atom is 0.352 e. The molecule has 0 saturated heterocycles. The summed E-state index contributed by atoms with van der Waals surface area (Å²) >= 11 is 0. The van der Waals surface area contributed by atoms with Gasteiger partial charge in [0.15, 0.2) is 0 Å². The van der Waals surface area contributed by atoms with Gasteiger partial charge in [0.2, 0.25) is 0 Å². The van der Waals surface area contributed by atoms with E-state index in [9.17, 15) is 27.2 Å². The molecule has 5 nitrogen and oxygen atoms in total. The second-order valence-corrected chi connectivity index (χ2v) is 7.66. The van der Waals surface area contributed by atoms with Gasteiger partial charge < -0.3 is 4.90 Å². The first-order valence-corrected chi connectivity index (χ1v) is 9.99. The van der Waals surface area contributed by atoms with Crippen LogP contribution in [0.3, 0.4) is 0 Å². The molecule has 0 radical (unpaired) electrons. The fraction of sp³-hybridized carbons (Fsp3) is 0.261. The van der Waals surface area contributed by atoms with Crippen molar-refractivity contribution in [3.63, 3.8) is 0 Å². The number of carbonyl (C=O) groups excluding carboxylic acids is 2. The molecule has 0 aromatic heterocycles. The number of benzene rings is 2. The summed E-state index contributed by atoms with van der Waals surface area (Å²) in [5, 5.41) is 5.12. The van der Waals surface area contributed by atoms with Crippen LogP contribution in [-0.2, 0) is 15.5 Å². The lowest BCUT2D eigenvalue weighted by Crippen LogP contribution is -2.35. The van der Waals surface area contributed by atoms with E-state index in [2.05, 4.69) is 11.7 Å². The Kier molecular flexibility index (Phi) is 5.58. The highest BCUT2D eigenvalue weighted by atomic mass is 19.3. The molecule has 2 amide bonds. The molecule has 4 rings (SSSR count). The monoisotopic (exact) mass is 445 g/mol. The molecule has 9 heteroatoms. The second kappa shape index (κ2) is 8.22. The van der Waals surface area contributed by atoms with Crippen molar-refractivity contribution in [1.82, 2.24) is 5.01 Å². The molecular weight excluding hydrogens is 426 g/mol. The van der Waals surface area contributed by atoms with E-state index in [1.807, 2.05) is 0 Å². The van der Waals surface area contributed by atoms with Crippen molar-refractivity contribution in [2.45, 2.75) is 31.2 Å². The molecule has 0 aliphatic carbocycles. The molecule has 32 heavy (non-hydrogen) atoms. The number of hydrogen-bond donors (Lipinski definition) is 0. The number of alkyl halides is 2. The number of halogens is 4. The average Bonchev–Trinajstić information content (AvgIpc) is 3.31. The Morgan fingerprint density at radius 3 is 2.56 bits per heavy atom. The molecule has 1 unspecified atom stereocenters. The van der Waals surface area contributed by atoms with Crippen LogP contribution in [0.1, 0.15) is 36.4 Å². The molecule has 1 atom stereocenters. The van der Waals surface area contributed by atoms with Crippen LogP contribution in [0.2, 0.25) is 0 Å². The number of hydrazone groups is 1. The highest BCUT2D eigenvalue weighted by Crippen LogP contribution is 2.44. The zero-order valence-corrected chi connectivity index (χ0v) is 16.9. The van der Waals surface area contributed by atoms with Crippen LogP contribution in [0.15, 0.2) is 59.7 Å². The minimum absolute atomic E-state index is 0.0143. The van der Waals surface area contributed by atoms with E-state index in [1.165, 1.54) is 24.4 Å². The Balaban J connectivity index is 1.40. The van der Waals surface area contributed by atoms with E-state index in [0.717, 1.165) is 28.1 Å². The largest absolute Gasteiger partial charge is 0.352 e. The third-order valence-electron chi connectivity index (χ3n) is 5.52. The summed E-state index contributed by atoms with van der Waals surface area (Å²) in [5.41, 5.74) is 0.230. The summed E-state index contributed by atoms with van der Waals surface area (Å²) in [7, 11) is 0. The quantitative estimate of drug-likeness (QED) is 0.478. The highest BCUT2D eigenvalue weighted by molar-refractivity contribution is 6.05. The van der Waals surface area contributed by atoms with Crippen LogP contribution in [0.5, 0.6) is 0 Å². The summed E-state index contributed by atoms with van der Waals surface area (Å²) < 4.78 is 55.6. The Morgan fingerprint density at radius 2 is 1.84 bits per heavy atom. The number of rotatable bonds is 6. The Bertz CT molecular complexity index is 1110. The minimum Gasteiger partial charge on any atom is -0.306 e. The third kappa shape index (κ3) is 3.79. The summed E-state index contributed by atoms with van der Waals surface area (Å²) in [5.74, 6) is -6.93. The first kappa shape index (κ1) is 21.7. The van der Waals surface area contributed by atoms with Gasteiger partial charge in [-0.3, -0.25) is 9.59 Å². The summed E-state index contributed by atoms with van der Waals surface area (Å²) in [6.07, 6.45) is 2.11. The molecule has 0 spiro atoms. The van der Waals surface area contributed by atoms with Gasteiger partial charge in [0, 0.05) is 30.8 Å². The molecular formula is C23H19F4N3O2. The van der Waals surface area contributed by atoms with Crippen LogP contribution in [0.25, 0.3) is 0 Å². The number of para-hydroxylation sites is 1. The van der Waals surface area contributed by atoms with E-state index in [1.54, 1.807) is 6.07 Å². The van der Waals surface area contributed by atoms with E-state index in [0.29, 0.717) is 0 Å². The first-order valence-electron chi connectivity index (χ1n) is 9.99. The summed E-state index contributed by atoms with van der Waals surface area (Å²) in [6.45, 7) is 3.74.